The van der Waals surface area contributed by atoms with Crippen LogP contribution in [0.25, 0.3) is 0 Å². The average Bonchev–Trinajstić information content (AvgIpc) is 2.91. The minimum atomic E-state index is 0.0988. The number of ether oxygens (including phenoxy) is 1. The molecule has 0 aromatic heterocycles. The Morgan fingerprint density at radius 2 is 1.81 bits per heavy atom. The second-order valence-electron chi connectivity index (χ2n) is 8.51. The van der Waals surface area contributed by atoms with Crippen LogP contribution in [0.5, 0.6) is 0 Å². The minimum Gasteiger partial charge on any atom is -0.377 e. The van der Waals surface area contributed by atoms with E-state index in [-0.39, 0.29) is 17.1 Å². The summed E-state index contributed by atoms with van der Waals surface area (Å²) in [4.78, 5) is 17.0. The molecule has 26 heavy (non-hydrogen) atoms. The maximum atomic E-state index is 12.6. The molecular formula is C22H34N2O2. The SMILES string of the molecule is CCOC(C)CN1CC2(CCC(c3ccccc3)(N(C)C)CC2)CC1=O. The lowest BCUT2D eigenvalue weighted by Gasteiger charge is -2.49. The summed E-state index contributed by atoms with van der Waals surface area (Å²) in [6.07, 6.45) is 5.30. The summed E-state index contributed by atoms with van der Waals surface area (Å²) in [7, 11) is 4.39. The Balaban J connectivity index is 1.70. The number of hydrogen-bond donors (Lipinski definition) is 0. The van der Waals surface area contributed by atoms with Crippen molar-refractivity contribution in [2.45, 2.75) is 57.6 Å². The van der Waals surface area contributed by atoms with Gasteiger partial charge in [0.2, 0.25) is 5.91 Å². The van der Waals surface area contributed by atoms with E-state index < -0.39 is 0 Å². The van der Waals surface area contributed by atoms with Gasteiger partial charge in [-0.25, -0.2) is 0 Å². The summed E-state index contributed by atoms with van der Waals surface area (Å²) in [5, 5.41) is 0. The lowest BCUT2D eigenvalue weighted by molar-refractivity contribution is -0.129. The quantitative estimate of drug-likeness (QED) is 0.778. The van der Waals surface area contributed by atoms with Crippen LogP contribution < -0.4 is 0 Å². The maximum Gasteiger partial charge on any atom is 0.223 e. The van der Waals surface area contributed by atoms with Gasteiger partial charge in [-0.3, -0.25) is 9.69 Å². The molecule has 1 spiro atoms. The summed E-state index contributed by atoms with van der Waals surface area (Å²) in [5.74, 6) is 0.314. The zero-order chi connectivity index (χ0) is 18.8. The van der Waals surface area contributed by atoms with E-state index in [0.29, 0.717) is 18.9 Å². The van der Waals surface area contributed by atoms with Gasteiger partial charge in [0.1, 0.15) is 0 Å². The summed E-state index contributed by atoms with van der Waals surface area (Å²) in [6.45, 7) is 6.41. The molecule has 1 saturated carbocycles. The van der Waals surface area contributed by atoms with Crippen LogP contribution in [-0.4, -0.2) is 55.6 Å². The van der Waals surface area contributed by atoms with Gasteiger partial charge in [0, 0.05) is 31.7 Å². The number of carbonyl (C=O) groups excluding carboxylic acids is 1. The van der Waals surface area contributed by atoms with Crippen LogP contribution in [-0.2, 0) is 15.1 Å². The highest BCUT2D eigenvalue weighted by Gasteiger charge is 2.50. The van der Waals surface area contributed by atoms with E-state index in [1.165, 1.54) is 5.56 Å². The minimum absolute atomic E-state index is 0.0988. The number of amides is 1. The summed E-state index contributed by atoms with van der Waals surface area (Å²) >= 11 is 0. The van der Waals surface area contributed by atoms with E-state index in [4.69, 9.17) is 4.74 Å². The molecule has 1 saturated heterocycles. The van der Waals surface area contributed by atoms with Gasteiger partial charge in [-0.1, -0.05) is 30.3 Å². The molecule has 2 fully saturated rings. The van der Waals surface area contributed by atoms with Gasteiger partial charge in [0.05, 0.1) is 6.10 Å². The number of hydrogen-bond acceptors (Lipinski definition) is 3. The van der Waals surface area contributed by atoms with Gasteiger partial charge in [-0.15, -0.1) is 0 Å². The molecule has 1 aliphatic heterocycles. The van der Waals surface area contributed by atoms with Crippen molar-refractivity contribution in [3.63, 3.8) is 0 Å². The predicted molar refractivity (Wildman–Crippen MR) is 105 cm³/mol. The van der Waals surface area contributed by atoms with Crippen LogP contribution in [0.2, 0.25) is 0 Å². The van der Waals surface area contributed by atoms with Crippen molar-refractivity contribution in [1.82, 2.24) is 9.80 Å². The summed E-state index contributed by atoms with van der Waals surface area (Å²) < 4.78 is 5.65. The third-order valence-electron chi connectivity index (χ3n) is 6.64. The first kappa shape index (κ1) is 19.4. The Morgan fingerprint density at radius 1 is 1.15 bits per heavy atom. The van der Waals surface area contributed by atoms with Gasteiger partial charge < -0.3 is 9.64 Å². The van der Waals surface area contributed by atoms with Gasteiger partial charge in [0.25, 0.3) is 0 Å². The fourth-order valence-corrected chi connectivity index (χ4v) is 5.07. The molecule has 1 unspecified atom stereocenters. The summed E-state index contributed by atoms with van der Waals surface area (Å²) in [5.41, 5.74) is 1.67. The zero-order valence-corrected chi connectivity index (χ0v) is 16.8. The van der Waals surface area contributed by atoms with Crippen molar-refractivity contribution in [1.29, 1.82) is 0 Å². The maximum absolute atomic E-state index is 12.6. The highest BCUT2D eigenvalue weighted by molar-refractivity contribution is 5.79. The molecule has 1 atom stereocenters. The van der Waals surface area contributed by atoms with Gasteiger partial charge in [-0.05, 0) is 64.6 Å². The molecule has 2 aliphatic rings. The summed E-state index contributed by atoms with van der Waals surface area (Å²) in [6, 6.07) is 10.9. The van der Waals surface area contributed by atoms with Crippen molar-refractivity contribution in [3.8, 4) is 0 Å². The van der Waals surface area contributed by atoms with E-state index in [1.54, 1.807) is 0 Å². The fourth-order valence-electron chi connectivity index (χ4n) is 5.07. The van der Waals surface area contributed by atoms with Crippen LogP contribution >= 0.6 is 0 Å². The molecular weight excluding hydrogens is 324 g/mol. The van der Waals surface area contributed by atoms with Gasteiger partial charge in [0.15, 0.2) is 0 Å². The monoisotopic (exact) mass is 358 g/mol. The van der Waals surface area contributed by atoms with Crippen molar-refractivity contribution < 1.29 is 9.53 Å². The fraction of sp³-hybridized carbons (Fsp3) is 0.682. The van der Waals surface area contributed by atoms with Crippen molar-refractivity contribution in [2.75, 3.05) is 33.8 Å². The number of rotatable bonds is 6. The highest BCUT2D eigenvalue weighted by Crippen LogP contribution is 2.52. The lowest BCUT2D eigenvalue weighted by atomic mass is 9.64. The Kier molecular flexibility index (Phi) is 5.73. The Hall–Kier alpha value is -1.39. The molecule has 0 radical (unpaired) electrons. The molecule has 4 nitrogen and oxygen atoms in total. The molecule has 0 N–H and O–H groups in total. The smallest absolute Gasteiger partial charge is 0.223 e. The topological polar surface area (TPSA) is 32.8 Å². The molecule has 1 heterocycles. The molecule has 144 valence electrons. The molecule has 1 aromatic carbocycles. The van der Waals surface area contributed by atoms with E-state index in [0.717, 1.165) is 38.8 Å². The van der Waals surface area contributed by atoms with Crippen molar-refractivity contribution in [3.05, 3.63) is 35.9 Å². The van der Waals surface area contributed by atoms with E-state index in [1.807, 2.05) is 11.8 Å². The molecule has 0 bridgehead atoms. The van der Waals surface area contributed by atoms with E-state index in [9.17, 15) is 4.79 Å². The molecule has 3 rings (SSSR count). The predicted octanol–water partition coefficient (Wildman–Crippen LogP) is 3.66. The van der Waals surface area contributed by atoms with Crippen LogP contribution in [0.4, 0.5) is 0 Å². The average molecular weight is 359 g/mol. The Bertz CT molecular complexity index is 606. The Morgan fingerprint density at radius 3 is 2.38 bits per heavy atom. The van der Waals surface area contributed by atoms with Crippen molar-refractivity contribution in [2.24, 2.45) is 5.41 Å². The standard InChI is InChI=1S/C22H34N2O2/c1-5-26-18(2)16-24-17-21(15-20(24)25)11-13-22(14-12-21,23(3)4)19-9-7-6-8-10-19/h6-10,18H,5,11-17H2,1-4H3. The zero-order valence-electron chi connectivity index (χ0n) is 16.8. The molecule has 1 aliphatic carbocycles. The molecule has 1 aromatic rings. The molecule has 4 heteroatoms. The van der Waals surface area contributed by atoms with Crippen molar-refractivity contribution >= 4 is 5.91 Å². The molecule has 1 amide bonds. The first-order valence-electron chi connectivity index (χ1n) is 10.0. The van der Waals surface area contributed by atoms with E-state index >= 15 is 0 Å². The second-order valence-corrected chi connectivity index (χ2v) is 8.51. The van der Waals surface area contributed by atoms with Gasteiger partial charge in [-0.2, -0.15) is 0 Å². The second kappa shape index (κ2) is 7.69. The van der Waals surface area contributed by atoms with E-state index in [2.05, 4.69) is 56.3 Å². The number of carbonyl (C=O) groups is 1. The number of benzene rings is 1. The highest BCUT2D eigenvalue weighted by atomic mass is 16.5. The van der Waals surface area contributed by atoms with Crippen LogP contribution in [0.1, 0.15) is 51.5 Å². The lowest BCUT2D eigenvalue weighted by Crippen LogP contribution is -2.47. The van der Waals surface area contributed by atoms with Crippen LogP contribution in [0.3, 0.4) is 0 Å². The van der Waals surface area contributed by atoms with Gasteiger partial charge >= 0.3 is 0 Å². The first-order valence-corrected chi connectivity index (χ1v) is 10.0. The number of nitrogens with zero attached hydrogens (tertiary/aromatic N) is 2. The largest absolute Gasteiger partial charge is 0.377 e. The third kappa shape index (κ3) is 3.67. The normalized spacial score (nSPS) is 30.3. The first-order chi connectivity index (χ1) is 12.4. The van der Waals surface area contributed by atoms with Crippen LogP contribution in [0.15, 0.2) is 30.3 Å². The number of likely N-dealkylation sites (tertiary alicyclic amines) is 1. The van der Waals surface area contributed by atoms with Crippen LogP contribution in [0, 0.1) is 5.41 Å². The Labute approximate surface area is 158 Å². The third-order valence-corrected chi connectivity index (χ3v) is 6.64.